The molecule has 0 unspecified atom stereocenters. The van der Waals surface area contributed by atoms with Crippen molar-refractivity contribution in [3.63, 3.8) is 0 Å². The predicted octanol–water partition coefficient (Wildman–Crippen LogP) is 2.70. The molecular weight excluding hydrogens is 380 g/mol. The number of esters is 1. The van der Waals surface area contributed by atoms with E-state index in [2.05, 4.69) is 10.2 Å². The summed E-state index contributed by atoms with van der Waals surface area (Å²) < 4.78 is 15.7. The summed E-state index contributed by atoms with van der Waals surface area (Å²) >= 11 is 0. The second kappa shape index (κ2) is 8.07. The van der Waals surface area contributed by atoms with E-state index in [1.807, 2.05) is 4.90 Å². The molecule has 4 rings (SSSR count). The molecule has 3 aromatic rings. The second-order valence-corrected chi connectivity index (χ2v) is 6.22. The maximum atomic E-state index is 12.5. The van der Waals surface area contributed by atoms with Gasteiger partial charge in [-0.2, -0.15) is 0 Å². The van der Waals surface area contributed by atoms with Gasteiger partial charge in [-0.25, -0.2) is 4.79 Å². The molecule has 1 aromatic heterocycles. The highest BCUT2D eigenvalue weighted by molar-refractivity contribution is 5.93. The van der Waals surface area contributed by atoms with Gasteiger partial charge in [-0.3, -0.25) is 10.1 Å². The molecule has 2 aromatic carbocycles. The Balaban J connectivity index is 1.52. The van der Waals surface area contributed by atoms with Gasteiger partial charge in [0.15, 0.2) is 0 Å². The number of morpholine rings is 1. The predicted molar refractivity (Wildman–Crippen MR) is 101 cm³/mol. The normalized spacial score (nSPS) is 13.9. The highest BCUT2D eigenvalue weighted by Crippen LogP contribution is 2.30. The monoisotopic (exact) mass is 396 g/mol. The Morgan fingerprint density at radius 3 is 2.55 bits per heavy atom. The molecule has 0 amide bonds. The van der Waals surface area contributed by atoms with Gasteiger partial charge in [0.25, 0.3) is 5.69 Å². The number of benzene rings is 2. The topological polar surface area (TPSA) is 121 Å². The molecule has 0 atom stereocenters. The minimum Gasteiger partial charge on any atom is -0.423 e. The lowest BCUT2D eigenvalue weighted by Crippen LogP contribution is -2.36. The maximum absolute atomic E-state index is 12.5. The van der Waals surface area contributed by atoms with Gasteiger partial charge in [-0.15, -0.1) is 10.2 Å². The fraction of sp³-hybridized carbons (Fsp3) is 0.211. The lowest BCUT2D eigenvalue weighted by Gasteiger charge is -2.28. The first kappa shape index (κ1) is 18.6. The average molecular weight is 396 g/mol. The summed E-state index contributed by atoms with van der Waals surface area (Å²) in [5.41, 5.74) is 1.08. The molecule has 10 nitrogen and oxygen atoms in total. The van der Waals surface area contributed by atoms with Crippen LogP contribution in [0.1, 0.15) is 10.4 Å². The summed E-state index contributed by atoms with van der Waals surface area (Å²) in [4.78, 5) is 25.4. The van der Waals surface area contributed by atoms with E-state index in [4.69, 9.17) is 13.9 Å². The fourth-order valence-electron chi connectivity index (χ4n) is 3.00. The van der Waals surface area contributed by atoms with Crippen LogP contribution in [0, 0.1) is 10.1 Å². The first-order chi connectivity index (χ1) is 14.1. The Hall–Kier alpha value is -3.79. The Labute approximate surface area is 164 Å². The van der Waals surface area contributed by atoms with Gasteiger partial charge in [0.1, 0.15) is 11.4 Å². The zero-order valence-corrected chi connectivity index (χ0v) is 15.2. The van der Waals surface area contributed by atoms with Crippen molar-refractivity contribution in [2.75, 3.05) is 31.2 Å². The molecule has 0 saturated carbocycles. The molecule has 148 valence electrons. The summed E-state index contributed by atoms with van der Waals surface area (Å²) in [7, 11) is 0. The van der Waals surface area contributed by atoms with Crippen LogP contribution in [0.2, 0.25) is 0 Å². The number of nitro groups is 1. The van der Waals surface area contributed by atoms with Crippen molar-refractivity contribution < 1.29 is 23.6 Å². The molecule has 29 heavy (non-hydrogen) atoms. The third-order valence-corrected chi connectivity index (χ3v) is 4.43. The Morgan fingerprint density at radius 2 is 1.90 bits per heavy atom. The Kier molecular flexibility index (Phi) is 5.16. The number of rotatable bonds is 5. The number of nitrogens with zero attached hydrogens (tertiary/aromatic N) is 4. The number of carbonyl (C=O) groups excluding carboxylic acids is 1. The van der Waals surface area contributed by atoms with Crippen molar-refractivity contribution in [2.45, 2.75) is 0 Å². The van der Waals surface area contributed by atoms with E-state index in [1.165, 1.54) is 18.5 Å². The Morgan fingerprint density at radius 1 is 1.14 bits per heavy atom. The van der Waals surface area contributed by atoms with Crippen LogP contribution in [-0.2, 0) is 4.74 Å². The molecule has 2 heterocycles. The van der Waals surface area contributed by atoms with Crippen molar-refractivity contribution in [1.82, 2.24) is 10.2 Å². The molecule has 0 bridgehead atoms. The molecule has 0 radical (unpaired) electrons. The lowest BCUT2D eigenvalue weighted by molar-refractivity contribution is -0.384. The lowest BCUT2D eigenvalue weighted by atomic mass is 10.1. The van der Waals surface area contributed by atoms with Gasteiger partial charge in [-0.05, 0) is 36.4 Å². The third kappa shape index (κ3) is 4.06. The third-order valence-electron chi connectivity index (χ3n) is 4.43. The van der Waals surface area contributed by atoms with Gasteiger partial charge in [0, 0.05) is 24.7 Å². The van der Waals surface area contributed by atoms with Gasteiger partial charge >= 0.3 is 5.97 Å². The van der Waals surface area contributed by atoms with Crippen LogP contribution in [0.15, 0.2) is 53.3 Å². The van der Waals surface area contributed by atoms with E-state index in [-0.39, 0.29) is 17.0 Å². The van der Waals surface area contributed by atoms with Crippen molar-refractivity contribution in [2.24, 2.45) is 0 Å². The van der Waals surface area contributed by atoms with Crippen molar-refractivity contribution in [3.05, 3.63) is 64.5 Å². The van der Waals surface area contributed by atoms with Crippen molar-refractivity contribution in [3.8, 4) is 17.2 Å². The SMILES string of the molecule is O=C(Oc1ccc(-c2nnco2)cc1)c1ccc(N2CCOCC2)c([N+](=O)[O-])c1. The highest BCUT2D eigenvalue weighted by Gasteiger charge is 2.24. The summed E-state index contributed by atoms with van der Waals surface area (Å²) in [6.07, 6.45) is 1.22. The molecule has 0 N–H and O–H groups in total. The van der Waals surface area contributed by atoms with E-state index in [0.717, 1.165) is 0 Å². The molecule has 1 saturated heterocycles. The number of carbonyl (C=O) groups is 1. The maximum Gasteiger partial charge on any atom is 0.343 e. The summed E-state index contributed by atoms with van der Waals surface area (Å²) in [6, 6.07) is 10.8. The van der Waals surface area contributed by atoms with E-state index < -0.39 is 10.9 Å². The number of hydrogen-bond donors (Lipinski definition) is 0. The van der Waals surface area contributed by atoms with Crippen LogP contribution in [0.25, 0.3) is 11.5 Å². The van der Waals surface area contributed by atoms with Crippen LogP contribution >= 0.6 is 0 Å². The zero-order chi connectivity index (χ0) is 20.2. The van der Waals surface area contributed by atoms with Gasteiger partial charge in [0.2, 0.25) is 12.3 Å². The number of hydrogen-bond acceptors (Lipinski definition) is 9. The van der Waals surface area contributed by atoms with Crippen LogP contribution in [0.4, 0.5) is 11.4 Å². The summed E-state index contributed by atoms with van der Waals surface area (Å²) in [5, 5.41) is 18.9. The average Bonchev–Trinajstić information content (AvgIpc) is 3.29. The number of aromatic nitrogens is 2. The smallest absolute Gasteiger partial charge is 0.343 e. The van der Waals surface area contributed by atoms with Crippen molar-refractivity contribution >= 4 is 17.3 Å². The summed E-state index contributed by atoms with van der Waals surface area (Å²) in [6.45, 7) is 2.11. The van der Waals surface area contributed by atoms with Crippen LogP contribution in [0.5, 0.6) is 5.75 Å². The first-order valence-corrected chi connectivity index (χ1v) is 8.82. The first-order valence-electron chi connectivity index (χ1n) is 8.82. The van der Waals surface area contributed by atoms with Gasteiger partial charge in [-0.1, -0.05) is 0 Å². The second-order valence-electron chi connectivity index (χ2n) is 6.22. The standard InChI is InChI=1S/C19H16N4O6/c24-19(29-15-4-1-13(2-5-15)18-21-20-12-28-18)14-3-6-16(17(11-14)23(25)26)22-7-9-27-10-8-22/h1-6,11-12H,7-10H2. The number of anilines is 1. The molecule has 1 aliphatic heterocycles. The largest absolute Gasteiger partial charge is 0.423 e. The zero-order valence-electron chi connectivity index (χ0n) is 15.2. The van der Waals surface area contributed by atoms with Crippen molar-refractivity contribution in [1.29, 1.82) is 0 Å². The van der Waals surface area contributed by atoms with Crippen LogP contribution < -0.4 is 9.64 Å². The number of nitro benzene ring substituents is 1. The molecule has 10 heteroatoms. The van der Waals surface area contributed by atoms with E-state index in [0.29, 0.717) is 43.4 Å². The van der Waals surface area contributed by atoms with E-state index >= 15 is 0 Å². The minimum absolute atomic E-state index is 0.0923. The molecule has 1 fully saturated rings. The van der Waals surface area contributed by atoms with Crippen LogP contribution in [-0.4, -0.2) is 47.4 Å². The van der Waals surface area contributed by atoms with Gasteiger partial charge < -0.3 is 18.8 Å². The molecule has 0 aliphatic carbocycles. The molecular formula is C19H16N4O6. The molecule has 0 spiro atoms. The molecule has 1 aliphatic rings. The minimum atomic E-state index is -0.688. The summed E-state index contributed by atoms with van der Waals surface area (Å²) in [5.74, 6) is -0.0532. The number of ether oxygens (including phenoxy) is 2. The van der Waals surface area contributed by atoms with Crippen LogP contribution in [0.3, 0.4) is 0 Å². The quantitative estimate of drug-likeness (QED) is 0.277. The van der Waals surface area contributed by atoms with Gasteiger partial charge in [0.05, 0.1) is 23.7 Å². The van der Waals surface area contributed by atoms with E-state index in [1.54, 1.807) is 30.3 Å². The van der Waals surface area contributed by atoms with E-state index in [9.17, 15) is 14.9 Å². The highest BCUT2D eigenvalue weighted by atomic mass is 16.6. The fourth-order valence-corrected chi connectivity index (χ4v) is 3.00. The Bertz CT molecular complexity index is 1010.